The van der Waals surface area contributed by atoms with Crippen LogP contribution in [0.1, 0.15) is 11.1 Å². The third-order valence-corrected chi connectivity index (χ3v) is 8.42. The number of nitrogens with zero attached hydrogens (tertiary/aromatic N) is 5. The summed E-state index contributed by atoms with van der Waals surface area (Å²) in [6.45, 7) is 7.36. The van der Waals surface area contributed by atoms with E-state index in [1.807, 2.05) is 42.5 Å². The Morgan fingerprint density at radius 2 is 1.05 bits per heavy atom. The third-order valence-electron chi connectivity index (χ3n) is 8.42. The van der Waals surface area contributed by atoms with Gasteiger partial charge in [-0.15, -0.1) is 0 Å². The third kappa shape index (κ3) is 3.70. The lowest BCUT2D eigenvalue weighted by atomic mass is 10.0. The highest BCUT2D eigenvalue weighted by atomic mass is 15.0. The highest BCUT2D eigenvalue weighted by Gasteiger charge is 2.16. The Morgan fingerprint density at radius 1 is 0.477 bits per heavy atom. The van der Waals surface area contributed by atoms with Crippen LogP contribution in [0.4, 0.5) is 5.69 Å². The van der Waals surface area contributed by atoms with Gasteiger partial charge in [0.05, 0.1) is 39.8 Å². The fourth-order valence-corrected chi connectivity index (χ4v) is 6.40. The topological polar surface area (TPSA) is 61.8 Å². The summed E-state index contributed by atoms with van der Waals surface area (Å²) in [6, 6.07) is 47.3. The first-order valence-electron chi connectivity index (χ1n) is 14.2. The van der Waals surface area contributed by atoms with Crippen molar-refractivity contribution in [1.29, 1.82) is 10.5 Å². The number of nitriles is 2. The Hall–Kier alpha value is -6.61. The first kappa shape index (κ1) is 25.1. The molecule has 0 unspecified atom stereocenters. The van der Waals surface area contributed by atoms with Crippen LogP contribution in [-0.4, -0.2) is 9.13 Å². The van der Waals surface area contributed by atoms with Crippen molar-refractivity contribution in [3.05, 3.63) is 150 Å². The Bertz CT molecular complexity index is 2580. The number of hydrogen-bond acceptors (Lipinski definition) is 2. The van der Waals surface area contributed by atoms with Crippen LogP contribution in [0.5, 0.6) is 0 Å². The van der Waals surface area contributed by atoms with E-state index >= 15 is 0 Å². The molecule has 5 heteroatoms. The zero-order chi connectivity index (χ0) is 29.8. The van der Waals surface area contributed by atoms with E-state index in [1.54, 1.807) is 12.1 Å². The first-order valence-corrected chi connectivity index (χ1v) is 14.2. The van der Waals surface area contributed by atoms with Gasteiger partial charge in [0.2, 0.25) is 0 Å². The summed E-state index contributed by atoms with van der Waals surface area (Å²) in [7, 11) is 0. The molecule has 6 aromatic carbocycles. The van der Waals surface area contributed by atoms with Crippen molar-refractivity contribution in [2.24, 2.45) is 0 Å². The maximum Gasteiger partial charge on any atom is 0.187 e. The van der Waals surface area contributed by atoms with Gasteiger partial charge in [-0.05, 0) is 71.8 Å². The van der Waals surface area contributed by atoms with Gasteiger partial charge in [-0.1, -0.05) is 66.7 Å². The largest absolute Gasteiger partial charge is 0.309 e. The molecule has 44 heavy (non-hydrogen) atoms. The Balaban J connectivity index is 1.34. The van der Waals surface area contributed by atoms with E-state index in [9.17, 15) is 10.5 Å². The molecule has 0 bridgehead atoms. The molecule has 0 aliphatic heterocycles. The van der Waals surface area contributed by atoms with Crippen LogP contribution in [0.2, 0.25) is 0 Å². The summed E-state index contributed by atoms with van der Waals surface area (Å²) in [4.78, 5) is 3.57. The molecule has 202 valence electrons. The number of benzene rings is 6. The fourth-order valence-electron chi connectivity index (χ4n) is 6.40. The number of rotatable bonds is 3. The SMILES string of the molecule is [C-]#[N+]c1ccc(-n2c3ccccc3c3ccc(-c4ccc5c(c4)c4ccccc4n5-c4ccc(C#N)c(C#N)c4)cc32)cc1. The predicted molar refractivity (Wildman–Crippen MR) is 176 cm³/mol. The molecule has 0 radical (unpaired) electrons. The molecule has 8 aromatic rings. The molecule has 0 fully saturated rings. The van der Waals surface area contributed by atoms with Gasteiger partial charge in [-0.25, -0.2) is 4.85 Å². The monoisotopic (exact) mass is 559 g/mol. The molecule has 0 aliphatic carbocycles. The minimum absolute atomic E-state index is 0.361. The van der Waals surface area contributed by atoms with Crippen molar-refractivity contribution in [2.75, 3.05) is 0 Å². The summed E-state index contributed by atoms with van der Waals surface area (Å²) in [5, 5.41) is 23.7. The van der Waals surface area contributed by atoms with Crippen LogP contribution in [0.15, 0.2) is 127 Å². The molecule has 8 rings (SSSR count). The van der Waals surface area contributed by atoms with Gasteiger partial charge in [-0.3, -0.25) is 0 Å². The van der Waals surface area contributed by atoms with Crippen molar-refractivity contribution < 1.29 is 0 Å². The van der Waals surface area contributed by atoms with Crippen molar-refractivity contribution >= 4 is 49.3 Å². The van der Waals surface area contributed by atoms with E-state index in [1.165, 1.54) is 10.8 Å². The molecule has 2 aromatic heterocycles. The second-order valence-corrected chi connectivity index (χ2v) is 10.8. The van der Waals surface area contributed by atoms with E-state index in [0.717, 1.165) is 55.3 Å². The summed E-state index contributed by atoms with van der Waals surface area (Å²) < 4.78 is 4.42. The predicted octanol–water partition coefficient (Wildman–Crippen LogP) is 9.84. The lowest BCUT2D eigenvalue weighted by Crippen LogP contribution is -1.96. The van der Waals surface area contributed by atoms with E-state index in [0.29, 0.717) is 16.8 Å². The molecule has 0 N–H and O–H groups in total. The Labute approximate surface area is 253 Å². The van der Waals surface area contributed by atoms with Gasteiger partial charge in [0, 0.05) is 32.9 Å². The van der Waals surface area contributed by atoms with Crippen molar-refractivity contribution in [2.45, 2.75) is 0 Å². The van der Waals surface area contributed by atoms with Crippen molar-refractivity contribution in [3.63, 3.8) is 0 Å². The van der Waals surface area contributed by atoms with Gasteiger partial charge in [0.15, 0.2) is 5.69 Å². The van der Waals surface area contributed by atoms with E-state index in [2.05, 4.69) is 98.9 Å². The first-order chi connectivity index (χ1) is 21.7. The van der Waals surface area contributed by atoms with Crippen LogP contribution in [0, 0.1) is 29.2 Å². The molecular weight excluding hydrogens is 538 g/mol. The van der Waals surface area contributed by atoms with Crippen LogP contribution in [0.3, 0.4) is 0 Å². The van der Waals surface area contributed by atoms with Crippen LogP contribution in [-0.2, 0) is 0 Å². The minimum Gasteiger partial charge on any atom is -0.309 e. The highest BCUT2D eigenvalue weighted by Crippen LogP contribution is 2.38. The number of hydrogen-bond donors (Lipinski definition) is 0. The van der Waals surface area contributed by atoms with Crippen LogP contribution in [0.25, 0.3) is 71.0 Å². The second kappa shape index (κ2) is 9.74. The zero-order valence-corrected chi connectivity index (χ0v) is 23.4. The maximum absolute atomic E-state index is 9.67. The van der Waals surface area contributed by atoms with Gasteiger partial charge in [0.25, 0.3) is 0 Å². The molecule has 2 heterocycles. The normalized spacial score (nSPS) is 11.1. The Morgan fingerprint density at radius 3 is 1.75 bits per heavy atom. The van der Waals surface area contributed by atoms with Gasteiger partial charge in [0.1, 0.15) is 12.1 Å². The fraction of sp³-hybridized carbons (Fsp3) is 0. The average Bonchev–Trinajstić information content (AvgIpc) is 3.60. The molecule has 0 saturated heterocycles. The molecule has 5 nitrogen and oxygen atoms in total. The molecule has 0 aliphatic rings. The summed E-state index contributed by atoms with van der Waals surface area (Å²) >= 11 is 0. The molecule has 0 amide bonds. The average molecular weight is 560 g/mol. The Kier molecular flexibility index (Phi) is 5.56. The smallest absolute Gasteiger partial charge is 0.187 e. The quantitative estimate of drug-likeness (QED) is 0.202. The maximum atomic E-state index is 9.67. The summed E-state index contributed by atoms with van der Waals surface area (Å²) in [5.41, 5.74) is 9.68. The lowest BCUT2D eigenvalue weighted by Gasteiger charge is -2.10. The van der Waals surface area contributed by atoms with E-state index in [-0.39, 0.29) is 0 Å². The second-order valence-electron chi connectivity index (χ2n) is 10.8. The van der Waals surface area contributed by atoms with E-state index in [4.69, 9.17) is 6.57 Å². The number of para-hydroxylation sites is 2. The van der Waals surface area contributed by atoms with Crippen LogP contribution >= 0.6 is 0 Å². The standard InChI is InChI=1S/C39H21N5/c1-42-29-13-16-30(17-14-29)43-36-8-4-2-6-32(36)34-18-11-26(22-39(34)43)25-12-19-38-35(21-25)33-7-3-5-9-37(33)44(38)31-15-10-27(23-40)28(20-31)24-41/h2-22H. The lowest BCUT2D eigenvalue weighted by molar-refractivity contribution is 1.17. The van der Waals surface area contributed by atoms with Crippen molar-refractivity contribution in [1.82, 2.24) is 9.13 Å². The van der Waals surface area contributed by atoms with Crippen molar-refractivity contribution in [3.8, 4) is 34.6 Å². The molecule has 0 atom stereocenters. The van der Waals surface area contributed by atoms with Gasteiger partial charge in [-0.2, -0.15) is 10.5 Å². The minimum atomic E-state index is 0.361. The summed E-state index contributed by atoms with van der Waals surface area (Å²) in [6.07, 6.45) is 0. The molecule has 0 spiro atoms. The highest BCUT2D eigenvalue weighted by molar-refractivity contribution is 6.12. The van der Waals surface area contributed by atoms with Crippen LogP contribution < -0.4 is 0 Å². The molecular formula is C39H21N5. The van der Waals surface area contributed by atoms with Gasteiger partial charge >= 0.3 is 0 Å². The summed E-state index contributed by atoms with van der Waals surface area (Å²) in [5.74, 6) is 0. The molecule has 0 saturated carbocycles. The zero-order valence-electron chi connectivity index (χ0n) is 23.4. The number of fused-ring (bicyclic) bond motifs is 6. The van der Waals surface area contributed by atoms with Gasteiger partial charge < -0.3 is 9.13 Å². The van der Waals surface area contributed by atoms with E-state index < -0.39 is 0 Å². The number of aromatic nitrogens is 2.